The summed E-state index contributed by atoms with van der Waals surface area (Å²) in [6.07, 6.45) is 5.73. The lowest BCUT2D eigenvalue weighted by atomic mass is 10.0. The Hall–Kier alpha value is -3.25. The highest BCUT2D eigenvalue weighted by molar-refractivity contribution is 5.90. The molecule has 0 spiro atoms. The smallest absolute Gasteiger partial charge is 0.266 e. The fraction of sp³-hybridized carbons (Fsp3) is 0.292. The van der Waals surface area contributed by atoms with Crippen LogP contribution in [-0.4, -0.2) is 43.9 Å². The van der Waals surface area contributed by atoms with E-state index in [9.17, 15) is 4.79 Å². The molecule has 4 heterocycles. The molecule has 0 bridgehead atoms. The lowest BCUT2D eigenvalue weighted by Crippen LogP contribution is -2.35. The Morgan fingerprint density at radius 1 is 0.800 bits per heavy atom. The van der Waals surface area contributed by atoms with Crippen LogP contribution in [0.2, 0.25) is 0 Å². The van der Waals surface area contributed by atoms with Crippen LogP contribution in [0, 0.1) is 0 Å². The van der Waals surface area contributed by atoms with Crippen LogP contribution in [0.15, 0.2) is 71.7 Å². The summed E-state index contributed by atoms with van der Waals surface area (Å²) >= 11 is 0. The molecule has 6 heteroatoms. The van der Waals surface area contributed by atoms with E-state index in [0.717, 1.165) is 47.7 Å². The van der Waals surface area contributed by atoms with Crippen LogP contribution < -0.4 is 5.56 Å². The van der Waals surface area contributed by atoms with E-state index >= 15 is 0 Å². The normalized spacial score (nSPS) is 14.9. The first-order valence-electron chi connectivity index (χ1n) is 10.6. The van der Waals surface area contributed by atoms with Gasteiger partial charge in [-0.2, -0.15) is 10.2 Å². The van der Waals surface area contributed by atoms with Crippen molar-refractivity contribution < 1.29 is 0 Å². The topological polar surface area (TPSA) is 55.4 Å². The molecule has 1 saturated heterocycles. The number of benzene rings is 1. The van der Waals surface area contributed by atoms with Gasteiger partial charge >= 0.3 is 0 Å². The van der Waals surface area contributed by atoms with Crippen molar-refractivity contribution in [2.24, 2.45) is 0 Å². The SMILES string of the molecule is O=c1ccc(-c2c(-c3ccccc3)nn3ccccc23)nn1CCN1CCCCC1. The van der Waals surface area contributed by atoms with Crippen molar-refractivity contribution in [1.29, 1.82) is 0 Å². The average Bonchev–Trinajstić information content (AvgIpc) is 3.19. The quantitative estimate of drug-likeness (QED) is 0.513. The lowest BCUT2D eigenvalue weighted by molar-refractivity contribution is 0.216. The number of nitrogens with zero attached hydrogens (tertiary/aromatic N) is 5. The van der Waals surface area contributed by atoms with Crippen molar-refractivity contribution in [3.63, 3.8) is 0 Å². The van der Waals surface area contributed by atoms with Crippen molar-refractivity contribution in [3.05, 3.63) is 77.2 Å². The van der Waals surface area contributed by atoms with Crippen molar-refractivity contribution in [1.82, 2.24) is 24.3 Å². The first kappa shape index (κ1) is 18.8. The van der Waals surface area contributed by atoms with E-state index in [4.69, 9.17) is 10.2 Å². The first-order valence-corrected chi connectivity index (χ1v) is 10.6. The number of aromatic nitrogens is 4. The molecule has 0 radical (unpaired) electrons. The molecule has 0 amide bonds. The lowest BCUT2D eigenvalue weighted by Gasteiger charge is -2.26. The molecule has 152 valence electrons. The molecule has 1 aliphatic rings. The summed E-state index contributed by atoms with van der Waals surface area (Å²) in [5, 5.41) is 9.57. The fourth-order valence-corrected chi connectivity index (χ4v) is 4.21. The molecule has 3 aromatic heterocycles. The van der Waals surface area contributed by atoms with Gasteiger partial charge in [0.15, 0.2) is 0 Å². The second-order valence-corrected chi connectivity index (χ2v) is 7.80. The predicted molar refractivity (Wildman–Crippen MR) is 118 cm³/mol. The van der Waals surface area contributed by atoms with E-state index in [-0.39, 0.29) is 5.56 Å². The molecular formula is C24H25N5O. The second kappa shape index (κ2) is 8.24. The third-order valence-electron chi connectivity index (χ3n) is 5.79. The van der Waals surface area contributed by atoms with E-state index in [1.807, 2.05) is 53.2 Å². The molecule has 1 fully saturated rings. The first-order chi connectivity index (χ1) is 14.8. The molecule has 4 aromatic rings. The van der Waals surface area contributed by atoms with Crippen molar-refractivity contribution >= 4 is 5.52 Å². The molecule has 0 atom stereocenters. The minimum atomic E-state index is -0.0616. The highest BCUT2D eigenvalue weighted by Gasteiger charge is 2.18. The molecule has 5 rings (SSSR count). The van der Waals surface area contributed by atoms with Gasteiger partial charge in [0.1, 0.15) is 5.69 Å². The van der Waals surface area contributed by atoms with Gasteiger partial charge in [-0.25, -0.2) is 9.20 Å². The Morgan fingerprint density at radius 2 is 1.60 bits per heavy atom. The molecule has 30 heavy (non-hydrogen) atoms. The largest absolute Gasteiger partial charge is 0.301 e. The summed E-state index contributed by atoms with van der Waals surface area (Å²) in [6, 6.07) is 19.6. The van der Waals surface area contributed by atoms with Gasteiger partial charge in [0.25, 0.3) is 5.56 Å². The van der Waals surface area contributed by atoms with E-state index in [1.54, 1.807) is 10.7 Å². The van der Waals surface area contributed by atoms with Gasteiger partial charge in [-0.15, -0.1) is 0 Å². The van der Waals surface area contributed by atoms with Crippen LogP contribution in [0.3, 0.4) is 0 Å². The van der Waals surface area contributed by atoms with E-state index < -0.39 is 0 Å². The molecule has 0 aliphatic carbocycles. The van der Waals surface area contributed by atoms with Crippen LogP contribution in [0.5, 0.6) is 0 Å². The van der Waals surface area contributed by atoms with Crippen LogP contribution in [0.4, 0.5) is 0 Å². The Labute approximate surface area is 175 Å². The maximum atomic E-state index is 12.5. The molecule has 0 N–H and O–H groups in total. The van der Waals surface area contributed by atoms with Gasteiger partial charge in [-0.1, -0.05) is 42.8 Å². The van der Waals surface area contributed by atoms with Gasteiger partial charge in [0.05, 0.1) is 23.3 Å². The monoisotopic (exact) mass is 399 g/mol. The van der Waals surface area contributed by atoms with Crippen molar-refractivity contribution in [2.45, 2.75) is 25.8 Å². The Kier molecular flexibility index (Phi) is 5.15. The van der Waals surface area contributed by atoms with Crippen molar-refractivity contribution in [2.75, 3.05) is 19.6 Å². The maximum Gasteiger partial charge on any atom is 0.266 e. The number of piperidine rings is 1. The number of fused-ring (bicyclic) bond motifs is 1. The number of hydrogen-bond acceptors (Lipinski definition) is 4. The molecule has 1 aliphatic heterocycles. The van der Waals surface area contributed by atoms with Crippen LogP contribution in [0.1, 0.15) is 19.3 Å². The summed E-state index contributed by atoms with van der Waals surface area (Å²) in [5.41, 5.74) is 4.54. The van der Waals surface area contributed by atoms with Gasteiger partial charge in [0, 0.05) is 24.4 Å². The standard InChI is InChI=1S/C24H25N5O/c30-22-13-12-20(25-29(22)18-17-27-14-6-2-7-15-27)23-21-11-5-8-16-28(21)26-24(23)19-9-3-1-4-10-19/h1,3-5,8-13,16H,2,6-7,14-15,17-18H2. The molecule has 6 nitrogen and oxygen atoms in total. The minimum absolute atomic E-state index is 0.0616. The van der Waals surface area contributed by atoms with Crippen molar-refractivity contribution in [3.8, 4) is 22.5 Å². The van der Waals surface area contributed by atoms with Gasteiger partial charge in [-0.3, -0.25) is 4.79 Å². The third kappa shape index (κ3) is 3.66. The van der Waals surface area contributed by atoms with Gasteiger partial charge in [0.2, 0.25) is 0 Å². The highest BCUT2D eigenvalue weighted by atomic mass is 16.1. The number of pyridine rings is 1. The molecule has 1 aromatic carbocycles. The summed E-state index contributed by atoms with van der Waals surface area (Å²) in [4.78, 5) is 14.9. The summed E-state index contributed by atoms with van der Waals surface area (Å²) in [7, 11) is 0. The Balaban J connectivity index is 1.56. The number of rotatable bonds is 5. The summed E-state index contributed by atoms with van der Waals surface area (Å²) < 4.78 is 3.48. The van der Waals surface area contributed by atoms with Gasteiger partial charge in [-0.05, 0) is 44.1 Å². The zero-order valence-corrected chi connectivity index (χ0v) is 16.9. The Morgan fingerprint density at radius 3 is 2.43 bits per heavy atom. The predicted octanol–water partition coefficient (Wildman–Crippen LogP) is 3.71. The summed E-state index contributed by atoms with van der Waals surface area (Å²) in [6.45, 7) is 3.69. The van der Waals surface area contributed by atoms with Crippen LogP contribution in [-0.2, 0) is 6.54 Å². The van der Waals surface area contributed by atoms with E-state index in [1.165, 1.54) is 19.3 Å². The van der Waals surface area contributed by atoms with Crippen LogP contribution in [0.25, 0.3) is 28.0 Å². The van der Waals surface area contributed by atoms with E-state index in [0.29, 0.717) is 6.54 Å². The zero-order chi connectivity index (χ0) is 20.3. The Bertz CT molecular complexity index is 1210. The second-order valence-electron chi connectivity index (χ2n) is 7.80. The zero-order valence-electron chi connectivity index (χ0n) is 16.9. The molecule has 0 saturated carbocycles. The fourth-order valence-electron chi connectivity index (χ4n) is 4.21. The molecule has 0 unspecified atom stereocenters. The average molecular weight is 399 g/mol. The third-order valence-corrected chi connectivity index (χ3v) is 5.79. The maximum absolute atomic E-state index is 12.5. The number of hydrogen-bond donors (Lipinski definition) is 0. The highest BCUT2D eigenvalue weighted by Crippen LogP contribution is 2.33. The number of likely N-dealkylation sites (tertiary alicyclic amines) is 1. The molecular weight excluding hydrogens is 374 g/mol. The van der Waals surface area contributed by atoms with Gasteiger partial charge < -0.3 is 4.90 Å². The van der Waals surface area contributed by atoms with Crippen LogP contribution >= 0.6 is 0 Å². The minimum Gasteiger partial charge on any atom is -0.301 e. The summed E-state index contributed by atoms with van der Waals surface area (Å²) in [5.74, 6) is 0. The van der Waals surface area contributed by atoms with E-state index in [2.05, 4.69) is 17.0 Å².